The van der Waals surface area contributed by atoms with Crippen molar-refractivity contribution in [2.75, 3.05) is 5.33 Å². The molecule has 0 N–H and O–H groups in total. The highest BCUT2D eigenvalue weighted by Gasteiger charge is 1.99. The van der Waals surface area contributed by atoms with E-state index >= 15 is 0 Å². The predicted octanol–water partition coefficient (Wildman–Crippen LogP) is 3.42. The Kier molecular flexibility index (Phi) is 3.34. The minimum atomic E-state index is -0.284. The lowest BCUT2D eigenvalue weighted by Gasteiger charge is -2.00. The molecule has 0 unspecified atom stereocenters. The number of hydrogen-bond acceptors (Lipinski definition) is 0. The van der Waals surface area contributed by atoms with Crippen molar-refractivity contribution in [1.82, 2.24) is 0 Å². The topological polar surface area (TPSA) is 0 Å². The van der Waals surface area contributed by atoms with Crippen molar-refractivity contribution in [2.24, 2.45) is 0 Å². The Morgan fingerprint density at radius 2 is 2.18 bits per heavy atom. The molecule has 60 valence electrons. The summed E-state index contributed by atoms with van der Waals surface area (Å²) in [5.41, 5.74) is 0.977. The van der Waals surface area contributed by atoms with Crippen molar-refractivity contribution in [3.8, 4) is 0 Å². The first kappa shape index (κ1) is 9.01. The third-order valence-corrected chi connectivity index (χ3v) is 2.13. The van der Waals surface area contributed by atoms with Crippen LogP contribution in [0.15, 0.2) is 18.2 Å². The van der Waals surface area contributed by atoms with Gasteiger partial charge in [0.2, 0.25) is 0 Å². The van der Waals surface area contributed by atoms with Gasteiger partial charge in [-0.1, -0.05) is 33.6 Å². The van der Waals surface area contributed by atoms with Crippen LogP contribution in [-0.2, 0) is 6.42 Å². The fourth-order valence-electron chi connectivity index (χ4n) is 0.826. The van der Waals surface area contributed by atoms with Crippen LogP contribution >= 0.6 is 27.5 Å². The molecule has 0 fully saturated rings. The molecule has 0 atom stereocenters. The van der Waals surface area contributed by atoms with Crippen molar-refractivity contribution < 1.29 is 4.39 Å². The molecule has 0 nitrogen and oxygen atoms in total. The molecule has 0 radical (unpaired) electrons. The van der Waals surface area contributed by atoms with Gasteiger partial charge in [-0.2, -0.15) is 0 Å². The molecule has 0 bridgehead atoms. The minimum Gasteiger partial charge on any atom is -0.207 e. The molecular weight excluding hydrogens is 230 g/mol. The largest absolute Gasteiger partial charge is 0.207 e. The van der Waals surface area contributed by atoms with Crippen LogP contribution in [0, 0.1) is 5.82 Å². The Labute approximate surface area is 78.5 Å². The van der Waals surface area contributed by atoms with Gasteiger partial charge in [0.15, 0.2) is 0 Å². The van der Waals surface area contributed by atoms with Crippen molar-refractivity contribution in [3.63, 3.8) is 0 Å². The Balaban J connectivity index is 2.90. The maximum Gasteiger partial charge on any atom is 0.124 e. The normalized spacial score (nSPS) is 10.1. The Morgan fingerprint density at radius 1 is 1.45 bits per heavy atom. The van der Waals surface area contributed by atoms with Crippen LogP contribution in [0.4, 0.5) is 4.39 Å². The quantitative estimate of drug-likeness (QED) is 0.692. The first-order chi connectivity index (χ1) is 5.24. The van der Waals surface area contributed by atoms with Crippen LogP contribution in [0.3, 0.4) is 0 Å². The van der Waals surface area contributed by atoms with Gasteiger partial charge in [-0.05, 0) is 24.1 Å². The second-order valence-corrected chi connectivity index (χ2v) is 3.37. The highest BCUT2D eigenvalue weighted by molar-refractivity contribution is 9.09. The lowest BCUT2D eigenvalue weighted by atomic mass is 10.2. The standard InChI is InChI=1S/C8H7BrClF/c9-4-3-6-1-2-7(11)5-8(6)10/h1-2,5H,3-4H2. The number of rotatable bonds is 2. The number of hydrogen-bond donors (Lipinski definition) is 0. The van der Waals surface area contributed by atoms with E-state index in [2.05, 4.69) is 15.9 Å². The molecule has 0 aliphatic heterocycles. The third kappa shape index (κ3) is 2.46. The van der Waals surface area contributed by atoms with Crippen LogP contribution in [0.1, 0.15) is 5.56 Å². The SMILES string of the molecule is Fc1ccc(CCBr)c(Cl)c1. The highest BCUT2D eigenvalue weighted by Crippen LogP contribution is 2.17. The zero-order valence-electron chi connectivity index (χ0n) is 5.78. The van der Waals surface area contributed by atoms with Crippen molar-refractivity contribution in [2.45, 2.75) is 6.42 Å². The summed E-state index contributed by atoms with van der Waals surface area (Å²) in [6, 6.07) is 4.46. The van der Waals surface area contributed by atoms with Crippen molar-refractivity contribution in [3.05, 3.63) is 34.6 Å². The van der Waals surface area contributed by atoms with Gasteiger partial charge in [-0.15, -0.1) is 0 Å². The molecule has 0 saturated carbocycles. The van der Waals surface area contributed by atoms with Gasteiger partial charge in [-0.3, -0.25) is 0 Å². The van der Waals surface area contributed by atoms with E-state index in [1.165, 1.54) is 12.1 Å². The van der Waals surface area contributed by atoms with E-state index in [9.17, 15) is 4.39 Å². The zero-order valence-corrected chi connectivity index (χ0v) is 8.12. The van der Waals surface area contributed by atoms with Crippen LogP contribution in [0.25, 0.3) is 0 Å². The molecule has 11 heavy (non-hydrogen) atoms. The summed E-state index contributed by atoms with van der Waals surface area (Å²) < 4.78 is 12.5. The van der Waals surface area contributed by atoms with E-state index in [1.54, 1.807) is 6.07 Å². The van der Waals surface area contributed by atoms with Gasteiger partial charge in [0, 0.05) is 10.4 Å². The molecule has 0 saturated heterocycles. The minimum absolute atomic E-state index is 0.284. The summed E-state index contributed by atoms with van der Waals surface area (Å²) in [5, 5.41) is 1.35. The van der Waals surface area contributed by atoms with E-state index < -0.39 is 0 Å². The van der Waals surface area contributed by atoms with Crippen molar-refractivity contribution in [1.29, 1.82) is 0 Å². The highest BCUT2D eigenvalue weighted by atomic mass is 79.9. The van der Waals surface area contributed by atoms with Crippen LogP contribution < -0.4 is 0 Å². The lowest BCUT2D eigenvalue weighted by Crippen LogP contribution is -1.87. The van der Waals surface area contributed by atoms with Gasteiger partial charge in [-0.25, -0.2) is 4.39 Å². The summed E-state index contributed by atoms with van der Waals surface area (Å²) in [5.74, 6) is -0.284. The molecule has 0 aromatic heterocycles. The fraction of sp³-hybridized carbons (Fsp3) is 0.250. The molecule has 0 heterocycles. The number of aryl methyl sites for hydroxylation is 1. The smallest absolute Gasteiger partial charge is 0.124 e. The van der Waals surface area contributed by atoms with E-state index in [-0.39, 0.29) is 5.82 Å². The predicted molar refractivity (Wildman–Crippen MR) is 48.9 cm³/mol. The summed E-state index contributed by atoms with van der Waals surface area (Å²) in [7, 11) is 0. The van der Waals surface area contributed by atoms with E-state index in [0.717, 1.165) is 17.3 Å². The maximum absolute atomic E-state index is 12.5. The monoisotopic (exact) mass is 236 g/mol. The van der Waals surface area contributed by atoms with Gasteiger partial charge in [0.05, 0.1) is 0 Å². The average Bonchev–Trinajstić information content (AvgIpc) is 1.95. The molecule has 3 heteroatoms. The number of alkyl halides is 1. The molecule has 1 aromatic carbocycles. The Hall–Kier alpha value is -0.0800. The Morgan fingerprint density at radius 3 is 2.73 bits per heavy atom. The van der Waals surface area contributed by atoms with Crippen LogP contribution in [-0.4, -0.2) is 5.33 Å². The molecular formula is C8H7BrClF. The molecule has 1 rings (SSSR count). The molecule has 0 spiro atoms. The summed E-state index contributed by atoms with van der Waals surface area (Å²) in [4.78, 5) is 0. The summed E-state index contributed by atoms with van der Waals surface area (Å²) in [6.45, 7) is 0. The van der Waals surface area contributed by atoms with Gasteiger partial charge < -0.3 is 0 Å². The first-order valence-electron chi connectivity index (χ1n) is 3.24. The molecule has 0 aliphatic carbocycles. The second-order valence-electron chi connectivity index (χ2n) is 2.17. The van der Waals surface area contributed by atoms with Crippen molar-refractivity contribution >= 4 is 27.5 Å². The fourth-order valence-corrected chi connectivity index (χ4v) is 1.52. The lowest BCUT2D eigenvalue weighted by molar-refractivity contribution is 0.627. The molecule has 1 aromatic rings. The number of benzene rings is 1. The van der Waals surface area contributed by atoms with Crippen LogP contribution in [0.2, 0.25) is 5.02 Å². The molecule has 0 aliphatic rings. The van der Waals surface area contributed by atoms with E-state index in [0.29, 0.717) is 5.02 Å². The average molecular weight is 237 g/mol. The van der Waals surface area contributed by atoms with Gasteiger partial charge in [0.1, 0.15) is 5.82 Å². The van der Waals surface area contributed by atoms with Gasteiger partial charge >= 0.3 is 0 Å². The Bertz CT molecular complexity index is 250. The third-order valence-electron chi connectivity index (χ3n) is 1.38. The number of halogens is 3. The van der Waals surface area contributed by atoms with Crippen LogP contribution in [0.5, 0.6) is 0 Å². The maximum atomic E-state index is 12.5. The second kappa shape index (κ2) is 4.07. The summed E-state index contributed by atoms with van der Waals surface area (Å²) >= 11 is 9.03. The molecule has 0 amide bonds. The first-order valence-corrected chi connectivity index (χ1v) is 4.74. The van der Waals surface area contributed by atoms with E-state index in [1.807, 2.05) is 0 Å². The zero-order chi connectivity index (χ0) is 8.27. The van der Waals surface area contributed by atoms with Gasteiger partial charge in [0.25, 0.3) is 0 Å². The van der Waals surface area contributed by atoms with E-state index in [4.69, 9.17) is 11.6 Å². The summed E-state index contributed by atoms with van der Waals surface area (Å²) in [6.07, 6.45) is 0.832.